The Morgan fingerprint density at radius 1 is 1.12 bits per heavy atom. The molecule has 0 saturated heterocycles. The average molecular weight is 327 g/mol. The summed E-state index contributed by atoms with van der Waals surface area (Å²) in [6, 6.07) is 10.3. The molecule has 1 aromatic carbocycles. The van der Waals surface area contributed by atoms with E-state index in [1.54, 1.807) is 43.6 Å². The predicted molar refractivity (Wildman–Crippen MR) is 93.6 cm³/mol. The molecule has 0 unspecified atom stereocenters. The van der Waals surface area contributed by atoms with Gasteiger partial charge in [-0.05, 0) is 49.7 Å². The highest BCUT2D eigenvalue weighted by molar-refractivity contribution is 6.03. The topological polar surface area (TPSA) is 80.3 Å². The molecule has 6 heteroatoms. The summed E-state index contributed by atoms with van der Waals surface area (Å²) in [5, 5.41) is 5.99. The molecule has 2 N–H and O–H groups in total. The number of aromatic nitrogens is 1. The second-order valence-electron chi connectivity index (χ2n) is 5.29. The molecular formula is C18H21N3O3. The number of nitrogens with one attached hydrogen (secondary N) is 2. The number of hydrogen-bond donors (Lipinski definition) is 2. The number of carbonyl (C=O) groups excluding carboxylic acids is 2. The number of amides is 1. The fourth-order valence-electron chi connectivity index (χ4n) is 2.10. The predicted octanol–water partition coefficient (Wildman–Crippen LogP) is 2.98. The average Bonchev–Trinajstić information content (AvgIpc) is 2.59. The summed E-state index contributed by atoms with van der Waals surface area (Å²) in [4.78, 5) is 27.6. The molecule has 0 radical (unpaired) electrons. The van der Waals surface area contributed by atoms with Gasteiger partial charge in [0.25, 0.3) is 5.91 Å². The van der Waals surface area contributed by atoms with Gasteiger partial charge in [-0.25, -0.2) is 0 Å². The summed E-state index contributed by atoms with van der Waals surface area (Å²) >= 11 is 0. The van der Waals surface area contributed by atoms with E-state index in [-0.39, 0.29) is 11.7 Å². The Morgan fingerprint density at radius 2 is 1.88 bits per heavy atom. The van der Waals surface area contributed by atoms with Crippen LogP contribution < -0.4 is 10.6 Å². The fourth-order valence-corrected chi connectivity index (χ4v) is 2.10. The van der Waals surface area contributed by atoms with E-state index in [4.69, 9.17) is 4.74 Å². The van der Waals surface area contributed by atoms with Gasteiger partial charge in [-0.1, -0.05) is 0 Å². The Balaban J connectivity index is 1.97. The molecule has 0 fully saturated rings. The zero-order valence-electron chi connectivity index (χ0n) is 13.8. The first-order valence-corrected chi connectivity index (χ1v) is 7.71. The number of carbonyl (C=O) groups is 2. The van der Waals surface area contributed by atoms with Crippen molar-refractivity contribution < 1.29 is 14.3 Å². The number of Topliss-reactive ketones (excluding diaryl/α,β-unsaturated/α-hetero) is 1. The van der Waals surface area contributed by atoms with E-state index < -0.39 is 0 Å². The fraction of sp³-hybridized carbons (Fsp3) is 0.278. The molecule has 1 aromatic heterocycles. The normalized spacial score (nSPS) is 10.2. The van der Waals surface area contributed by atoms with Crippen LogP contribution in [0, 0.1) is 0 Å². The van der Waals surface area contributed by atoms with Crippen LogP contribution in [0.25, 0.3) is 0 Å². The van der Waals surface area contributed by atoms with Crippen molar-refractivity contribution in [3.8, 4) is 0 Å². The van der Waals surface area contributed by atoms with Crippen LogP contribution in [0.3, 0.4) is 0 Å². The molecule has 0 aliphatic rings. The highest BCUT2D eigenvalue weighted by Gasteiger charge is 2.09. The molecule has 1 heterocycles. The van der Waals surface area contributed by atoms with Crippen molar-refractivity contribution in [2.45, 2.75) is 13.3 Å². The second-order valence-corrected chi connectivity index (χ2v) is 5.29. The molecule has 0 aliphatic carbocycles. The van der Waals surface area contributed by atoms with E-state index >= 15 is 0 Å². The highest BCUT2D eigenvalue weighted by Crippen LogP contribution is 2.13. The molecule has 0 aliphatic heterocycles. The number of ether oxygens (including phenoxy) is 1. The van der Waals surface area contributed by atoms with Gasteiger partial charge in [-0.2, -0.15) is 0 Å². The smallest absolute Gasteiger partial charge is 0.274 e. The first-order chi connectivity index (χ1) is 11.6. The first kappa shape index (κ1) is 17.6. The third kappa shape index (κ3) is 5.17. The lowest BCUT2D eigenvalue weighted by atomic mass is 10.1. The van der Waals surface area contributed by atoms with Crippen molar-refractivity contribution in [3.63, 3.8) is 0 Å². The molecule has 6 nitrogen and oxygen atoms in total. The Morgan fingerprint density at radius 3 is 2.54 bits per heavy atom. The molecule has 2 rings (SSSR count). The Kier molecular flexibility index (Phi) is 6.45. The summed E-state index contributed by atoms with van der Waals surface area (Å²) in [6.45, 7) is 2.94. The van der Waals surface area contributed by atoms with Crippen molar-refractivity contribution in [1.29, 1.82) is 0 Å². The second kappa shape index (κ2) is 8.79. The quantitative estimate of drug-likeness (QED) is 0.575. The molecule has 2 aromatic rings. The van der Waals surface area contributed by atoms with Gasteiger partial charge < -0.3 is 15.4 Å². The van der Waals surface area contributed by atoms with E-state index in [2.05, 4.69) is 15.6 Å². The molecule has 1 amide bonds. The molecule has 0 bridgehead atoms. The number of ketones is 1. The minimum Gasteiger partial charge on any atom is -0.385 e. The van der Waals surface area contributed by atoms with Gasteiger partial charge in [0.2, 0.25) is 0 Å². The number of rotatable bonds is 8. The van der Waals surface area contributed by atoms with Gasteiger partial charge in [-0.15, -0.1) is 0 Å². The summed E-state index contributed by atoms with van der Waals surface area (Å²) < 4.78 is 4.99. The van der Waals surface area contributed by atoms with Crippen molar-refractivity contribution in [3.05, 3.63) is 53.9 Å². The van der Waals surface area contributed by atoms with Gasteiger partial charge >= 0.3 is 0 Å². The maximum absolute atomic E-state index is 12.3. The molecular weight excluding hydrogens is 306 g/mol. The minimum atomic E-state index is -0.300. The molecule has 126 valence electrons. The Labute approximate surface area is 141 Å². The van der Waals surface area contributed by atoms with Crippen LogP contribution in [-0.2, 0) is 4.74 Å². The van der Waals surface area contributed by atoms with Crippen LogP contribution in [0.15, 0.2) is 42.6 Å². The lowest BCUT2D eigenvalue weighted by molar-refractivity contribution is 0.101. The maximum atomic E-state index is 12.3. The van der Waals surface area contributed by atoms with Crippen molar-refractivity contribution in [2.24, 2.45) is 0 Å². The van der Waals surface area contributed by atoms with E-state index in [0.29, 0.717) is 23.6 Å². The van der Waals surface area contributed by atoms with Gasteiger partial charge in [-0.3, -0.25) is 14.6 Å². The van der Waals surface area contributed by atoms with Gasteiger partial charge in [0.15, 0.2) is 5.78 Å². The first-order valence-electron chi connectivity index (χ1n) is 7.71. The number of pyridine rings is 1. The van der Waals surface area contributed by atoms with Crippen LogP contribution in [0.1, 0.15) is 34.2 Å². The zero-order chi connectivity index (χ0) is 17.4. The van der Waals surface area contributed by atoms with Crippen LogP contribution in [0.4, 0.5) is 11.4 Å². The minimum absolute atomic E-state index is 0.0122. The summed E-state index contributed by atoms with van der Waals surface area (Å²) in [5.41, 5.74) is 2.37. The van der Waals surface area contributed by atoms with Gasteiger partial charge in [0, 0.05) is 43.4 Å². The number of methoxy groups -OCH3 is 1. The van der Waals surface area contributed by atoms with Crippen LogP contribution in [-0.4, -0.2) is 36.9 Å². The van der Waals surface area contributed by atoms with E-state index in [0.717, 1.165) is 18.7 Å². The lowest BCUT2D eigenvalue weighted by Gasteiger charge is -2.08. The maximum Gasteiger partial charge on any atom is 0.274 e. The monoisotopic (exact) mass is 327 g/mol. The number of nitrogens with zero attached hydrogens (tertiary/aromatic N) is 1. The number of anilines is 2. The molecule has 0 atom stereocenters. The van der Waals surface area contributed by atoms with Crippen molar-refractivity contribution in [1.82, 2.24) is 4.98 Å². The largest absolute Gasteiger partial charge is 0.385 e. The summed E-state index contributed by atoms with van der Waals surface area (Å²) in [7, 11) is 1.66. The van der Waals surface area contributed by atoms with Gasteiger partial charge in [0.05, 0.1) is 0 Å². The van der Waals surface area contributed by atoms with Crippen molar-refractivity contribution >= 4 is 23.1 Å². The SMILES string of the molecule is COCCCNc1ccnc(C(=O)Nc2ccc(C(C)=O)cc2)c1. The summed E-state index contributed by atoms with van der Waals surface area (Å²) in [6.07, 6.45) is 2.47. The third-order valence-electron chi connectivity index (χ3n) is 3.40. The van der Waals surface area contributed by atoms with Crippen LogP contribution in [0.5, 0.6) is 0 Å². The number of benzene rings is 1. The summed E-state index contributed by atoms with van der Waals surface area (Å²) in [5.74, 6) is -0.312. The third-order valence-corrected chi connectivity index (χ3v) is 3.40. The van der Waals surface area contributed by atoms with E-state index in [1.165, 1.54) is 6.92 Å². The molecule has 24 heavy (non-hydrogen) atoms. The zero-order valence-corrected chi connectivity index (χ0v) is 13.8. The van der Waals surface area contributed by atoms with Gasteiger partial charge in [0.1, 0.15) is 5.69 Å². The van der Waals surface area contributed by atoms with Crippen LogP contribution in [0.2, 0.25) is 0 Å². The lowest BCUT2D eigenvalue weighted by Crippen LogP contribution is -2.14. The molecule has 0 spiro atoms. The number of hydrogen-bond acceptors (Lipinski definition) is 5. The highest BCUT2D eigenvalue weighted by atomic mass is 16.5. The van der Waals surface area contributed by atoms with Crippen LogP contribution >= 0.6 is 0 Å². The standard InChI is InChI=1S/C18H21N3O3/c1-13(22)14-4-6-15(7-5-14)21-18(23)17-12-16(8-10-20-17)19-9-3-11-24-2/h4-8,10,12H,3,9,11H2,1-2H3,(H,19,20)(H,21,23). The van der Waals surface area contributed by atoms with E-state index in [9.17, 15) is 9.59 Å². The Bertz CT molecular complexity index is 699. The molecule has 0 saturated carbocycles. The van der Waals surface area contributed by atoms with Crippen molar-refractivity contribution in [2.75, 3.05) is 30.9 Å². The Hall–Kier alpha value is -2.73. The van der Waals surface area contributed by atoms with E-state index in [1.807, 2.05) is 6.07 Å².